The van der Waals surface area contributed by atoms with Gasteiger partial charge in [-0.25, -0.2) is 0 Å². The fraction of sp³-hybridized carbons (Fsp3) is 0.938. The van der Waals surface area contributed by atoms with Crippen molar-refractivity contribution in [1.29, 1.82) is 0 Å². The Hall–Kier alpha value is -0.420. The maximum absolute atomic E-state index is 10.7. The van der Waals surface area contributed by atoms with Gasteiger partial charge < -0.3 is 9.66 Å². The highest BCUT2D eigenvalue weighted by molar-refractivity contribution is 7.80. The summed E-state index contributed by atoms with van der Waals surface area (Å²) in [5.41, 5.74) is 0. The molecule has 0 rings (SSSR count). The molecule has 0 aromatic heterocycles. The Labute approximate surface area is 132 Å². The molecule has 0 spiro atoms. The predicted octanol–water partition coefficient (Wildman–Crippen LogP) is 4.41. The van der Waals surface area contributed by atoms with Gasteiger partial charge in [0.15, 0.2) is 0 Å². The maximum atomic E-state index is 10.7. The van der Waals surface area contributed by atoms with E-state index in [0.29, 0.717) is 6.42 Å². The number of rotatable bonds is 15. The summed E-state index contributed by atoms with van der Waals surface area (Å²) in [6, 6.07) is 0. The summed E-state index contributed by atoms with van der Waals surface area (Å²) in [5.74, 6) is -1.23. The van der Waals surface area contributed by atoms with Crippen LogP contribution in [-0.2, 0) is 15.9 Å². The van der Waals surface area contributed by atoms with E-state index in [9.17, 15) is 13.6 Å². The number of hydrogen-bond acceptors (Lipinski definition) is 3. The lowest BCUT2D eigenvalue weighted by Crippen LogP contribution is -2.25. The highest BCUT2D eigenvalue weighted by Crippen LogP contribution is 2.14. The number of aliphatic carboxylic acids is 1. The highest BCUT2D eigenvalue weighted by atomic mass is 32.2. The molecule has 2 atom stereocenters. The first-order valence-corrected chi connectivity index (χ1v) is 9.54. The van der Waals surface area contributed by atoms with Gasteiger partial charge in [0, 0.05) is 0 Å². The van der Waals surface area contributed by atoms with E-state index in [0.717, 1.165) is 12.8 Å². The average molecular weight is 319 g/mol. The Balaban J connectivity index is 3.29. The third-order valence-electron chi connectivity index (χ3n) is 3.83. The molecule has 0 saturated carbocycles. The first-order chi connectivity index (χ1) is 10.1. The summed E-state index contributed by atoms with van der Waals surface area (Å²) in [5, 5.41) is 7.50. The van der Waals surface area contributed by atoms with Crippen molar-refractivity contribution in [2.24, 2.45) is 0 Å². The van der Waals surface area contributed by atoms with Gasteiger partial charge in [-0.3, -0.25) is 9.00 Å². The first-order valence-electron chi connectivity index (χ1n) is 8.40. The Morgan fingerprint density at radius 1 is 0.905 bits per heavy atom. The fourth-order valence-electron chi connectivity index (χ4n) is 2.47. The lowest BCUT2D eigenvalue weighted by molar-refractivity contribution is -0.136. The van der Waals surface area contributed by atoms with E-state index in [-0.39, 0.29) is 6.42 Å². The second kappa shape index (κ2) is 14.5. The van der Waals surface area contributed by atoms with Gasteiger partial charge in [-0.05, 0) is 17.5 Å². The Bertz CT molecular complexity index is 267. The topological polar surface area (TPSA) is 77.4 Å². The van der Waals surface area contributed by atoms with E-state index in [2.05, 4.69) is 6.92 Å². The smallest absolute Gasteiger partial charge is 0.318 e. The first kappa shape index (κ1) is 20.6. The average Bonchev–Trinajstić information content (AvgIpc) is 2.43. The second-order valence-corrected chi connectivity index (χ2v) is 6.86. The van der Waals surface area contributed by atoms with Gasteiger partial charge in [0.05, 0.1) is 0 Å². The van der Waals surface area contributed by atoms with Crippen molar-refractivity contribution in [3.05, 3.63) is 0 Å². The van der Waals surface area contributed by atoms with Gasteiger partial charge >= 0.3 is 5.97 Å². The van der Waals surface area contributed by atoms with Crippen molar-refractivity contribution < 1.29 is 18.7 Å². The van der Waals surface area contributed by atoms with Crippen molar-refractivity contribution in [3.63, 3.8) is 0 Å². The van der Waals surface area contributed by atoms with Crippen LogP contribution >= 0.6 is 0 Å². The molecule has 0 aliphatic carbocycles. The summed E-state index contributed by atoms with van der Waals surface area (Å²) >= 11 is -2.50. The second-order valence-electron chi connectivity index (χ2n) is 5.77. The number of carbonyl (C=O) groups is 1. The van der Waals surface area contributed by atoms with Gasteiger partial charge in [0.2, 0.25) is 0 Å². The van der Waals surface area contributed by atoms with E-state index >= 15 is 0 Å². The summed E-state index contributed by atoms with van der Waals surface area (Å²) in [6.45, 7) is 2.23. The molecule has 0 fully saturated rings. The van der Waals surface area contributed by atoms with Crippen LogP contribution in [-0.4, -0.2) is 25.1 Å². The van der Waals surface area contributed by atoms with Crippen LogP contribution in [0.2, 0.25) is 0 Å². The molecule has 2 unspecified atom stereocenters. The molecule has 0 bridgehead atoms. The molecule has 21 heavy (non-hydrogen) atoms. The largest absolute Gasteiger partial charge is 0.772 e. The fourth-order valence-corrected chi connectivity index (χ4v) is 3.00. The highest BCUT2D eigenvalue weighted by Gasteiger charge is 2.17. The van der Waals surface area contributed by atoms with Crippen molar-refractivity contribution in [2.75, 3.05) is 0 Å². The Morgan fingerprint density at radius 2 is 1.29 bits per heavy atom. The number of carboxylic acid groups (broad SMARTS) is 1. The number of hydrogen-bond donors (Lipinski definition) is 1. The van der Waals surface area contributed by atoms with Crippen molar-refractivity contribution >= 4 is 17.0 Å². The van der Waals surface area contributed by atoms with Gasteiger partial charge in [-0.15, -0.1) is 0 Å². The molecule has 0 aromatic rings. The Kier molecular flexibility index (Phi) is 14.2. The zero-order chi connectivity index (χ0) is 15.9. The van der Waals surface area contributed by atoms with E-state index in [1.54, 1.807) is 0 Å². The van der Waals surface area contributed by atoms with E-state index in [1.165, 1.54) is 57.8 Å². The van der Waals surface area contributed by atoms with Crippen LogP contribution < -0.4 is 0 Å². The zero-order valence-corrected chi connectivity index (χ0v) is 14.2. The molecule has 4 nitrogen and oxygen atoms in total. The van der Waals surface area contributed by atoms with Gasteiger partial charge in [-0.1, -0.05) is 84.0 Å². The summed E-state index contributed by atoms with van der Waals surface area (Å²) in [7, 11) is 0. The standard InChI is InChI=1S/C16H32O4S/c1-2-3-4-5-6-7-8-9-10-11-12-13-14-15(16(17)18)21(19)20/h15H,2-14H2,1H3,(H,17,18)(H,19,20)/p-1. The van der Waals surface area contributed by atoms with Crippen molar-refractivity contribution in [2.45, 2.75) is 95.6 Å². The molecule has 126 valence electrons. The van der Waals surface area contributed by atoms with Crippen LogP contribution in [0.15, 0.2) is 0 Å². The SMILES string of the molecule is CCCCCCCCCCCCCCC(C(=O)O)S(=O)[O-]. The quantitative estimate of drug-likeness (QED) is 0.358. The molecule has 0 aliphatic rings. The molecule has 0 aromatic carbocycles. The third kappa shape index (κ3) is 13.0. The zero-order valence-electron chi connectivity index (χ0n) is 13.3. The van der Waals surface area contributed by atoms with Crippen LogP contribution in [0.25, 0.3) is 0 Å². The molecule has 0 heterocycles. The Morgan fingerprint density at radius 3 is 1.62 bits per heavy atom. The molecule has 0 amide bonds. The number of unbranched alkanes of at least 4 members (excludes halogenated alkanes) is 11. The van der Waals surface area contributed by atoms with Crippen molar-refractivity contribution in [1.82, 2.24) is 0 Å². The third-order valence-corrected chi connectivity index (χ3v) is 4.73. The predicted molar refractivity (Wildman–Crippen MR) is 86.0 cm³/mol. The van der Waals surface area contributed by atoms with Crippen LogP contribution in [0.1, 0.15) is 90.4 Å². The molecule has 0 saturated heterocycles. The van der Waals surface area contributed by atoms with Crippen LogP contribution in [0.4, 0.5) is 0 Å². The molecular weight excluding hydrogens is 288 g/mol. The van der Waals surface area contributed by atoms with E-state index < -0.39 is 22.3 Å². The van der Waals surface area contributed by atoms with E-state index in [1.807, 2.05) is 0 Å². The minimum atomic E-state index is -2.50. The summed E-state index contributed by atoms with van der Waals surface area (Å²) in [4.78, 5) is 10.7. The molecular formula is C16H31O4S-. The molecule has 0 aliphatic heterocycles. The lowest BCUT2D eigenvalue weighted by atomic mass is 10.0. The van der Waals surface area contributed by atoms with Crippen LogP contribution in [0.3, 0.4) is 0 Å². The van der Waals surface area contributed by atoms with Gasteiger partial charge in [-0.2, -0.15) is 0 Å². The molecule has 1 N–H and O–H groups in total. The number of carboxylic acids is 1. The maximum Gasteiger partial charge on any atom is 0.318 e. The lowest BCUT2D eigenvalue weighted by Gasteiger charge is -2.14. The molecule has 5 heteroatoms. The van der Waals surface area contributed by atoms with E-state index in [4.69, 9.17) is 5.11 Å². The van der Waals surface area contributed by atoms with Crippen LogP contribution in [0, 0.1) is 0 Å². The van der Waals surface area contributed by atoms with Gasteiger partial charge in [0.1, 0.15) is 5.25 Å². The van der Waals surface area contributed by atoms with Crippen LogP contribution in [0.5, 0.6) is 0 Å². The summed E-state index contributed by atoms with van der Waals surface area (Å²) in [6.07, 6.45) is 14.7. The molecule has 0 radical (unpaired) electrons. The van der Waals surface area contributed by atoms with Crippen molar-refractivity contribution in [3.8, 4) is 0 Å². The minimum absolute atomic E-state index is 0.239. The van der Waals surface area contributed by atoms with Gasteiger partial charge in [0.25, 0.3) is 0 Å². The monoisotopic (exact) mass is 319 g/mol. The normalized spacial score (nSPS) is 14.0. The summed E-state index contributed by atoms with van der Waals surface area (Å²) < 4.78 is 21.4. The minimum Gasteiger partial charge on any atom is -0.772 e.